The lowest BCUT2D eigenvalue weighted by Crippen LogP contribution is -2.35. The first-order valence-corrected chi connectivity index (χ1v) is 7.03. The first-order valence-electron chi connectivity index (χ1n) is 7.03. The molecule has 2 aromatic carbocycles. The van der Waals surface area contributed by atoms with E-state index in [1.165, 1.54) is 11.1 Å². The lowest BCUT2D eigenvalue weighted by Gasteiger charge is -2.39. The normalized spacial score (nSPS) is 18.5. The van der Waals surface area contributed by atoms with E-state index in [4.69, 9.17) is 0 Å². The zero-order valence-corrected chi connectivity index (χ0v) is 13.9. The fourth-order valence-corrected chi connectivity index (χ4v) is 3.67. The van der Waals surface area contributed by atoms with Crippen LogP contribution in [0.2, 0.25) is 0 Å². The molecule has 0 aromatic heterocycles. The van der Waals surface area contributed by atoms with Crippen LogP contribution in [-0.4, -0.2) is 28.7 Å². The molecular formula is C17H19Cl2NO2. The zero-order chi connectivity index (χ0) is 13.9. The summed E-state index contributed by atoms with van der Waals surface area (Å²) in [5.74, 6) is -0.0217. The van der Waals surface area contributed by atoms with E-state index in [1.807, 2.05) is 6.07 Å². The average Bonchev–Trinajstić information content (AvgIpc) is 2.46. The number of rotatable bonds is 0. The van der Waals surface area contributed by atoms with Crippen molar-refractivity contribution in [3.63, 3.8) is 0 Å². The van der Waals surface area contributed by atoms with Gasteiger partial charge in [-0.15, -0.1) is 24.8 Å². The third-order valence-electron chi connectivity index (χ3n) is 4.72. The summed E-state index contributed by atoms with van der Waals surface area (Å²) < 4.78 is 0. The summed E-state index contributed by atoms with van der Waals surface area (Å²) in [5, 5.41) is 20.1. The van der Waals surface area contributed by atoms with Gasteiger partial charge in [-0.25, -0.2) is 0 Å². The standard InChI is InChI=1S/C17H17NO2.2ClH/c1-18-8-7-10-3-2-4-12-15(10)13(18)9-11-5-6-14(19)17(20)16(11)12;;/h2-6,13,19-20H,7-9H2,1H3;2*1H/t13-;;/m1../s1. The maximum absolute atomic E-state index is 10.3. The molecule has 0 spiro atoms. The SMILES string of the molecule is CN1CCc2cccc3c2[C@H]1Cc1ccc(O)c(O)c1-3.Cl.Cl. The highest BCUT2D eigenvalue weighted by atomic mass is 35.5. The number of nitrogens with zero attached hydrogens (tertiary/aromatic N) is 1. The maximum Gasteiger partial charge on any atom is 0.165 e. The summed E-state index contributed by atoms with van der Waals surface area (Å²) in [6, 6.07) is 10.2. The van der Waals surface area contributed by atoms with Crippen LogP contribution in [0.1, 0.15) is 22.7 Å². The van der Waals surface area contributed by atoms with Gasteiger partial charge in [0.25, 0.3) is 0 Å². The number of aromatic hydroxyl groups is 2. The molecule has 0 radical (unpaired) electrons. The summed E-state index contributed by atoms with van der Waals surface area (Å²) in [5.41, 5.74) is 5.71. The number of halogens is 2. The first kappa shape index (κ1) is 16.9. The van der Waals surface area contributed by atoms with Crippen LogP contribution in [-0.2, 0) is 12.8 Å². The Morgan fingerprint density at radius 2 is 1.82 bits per heavy atom. The molecule has 0 saturated carbocycles. The minimum Gasteiger partial charge on any atom is -0.504 e. The highest BCUT2D eigenvalue weighted by molar-refractivity contribution is 5.85. The van der Waals surface area contributed by atoms with E-state index in [9.17, 15) is 10.2 Å². The van der Waals surface area contributed by atoms with E-state index in [-0.39, 0.29) is 36.3 Å². The molecule has 2 aromatic rings. The first-order chi connectivity index (χ1) is 9.66. The van der Waals surface area contributed by atoms with E-state index in [2.05, 4.69) is 30.1 Å². The van der Waals surface area contributed by atoms with Gasteiger partial charge in [0.2, 0.25) is 0 Å². The molecule has 0 bridgehead atoms. The van der Waals surface area contributed by atoms with Gasteiger partial charge in [-0.2, -0.15) is 0 Å². The van der Waals surface area contributed by atoms with Crippen molar-refractivity contribution in [1.82, 2.24) is 4.90 Å². The van der Waals surface area contributed by atoms with Gasteiger partial charge in [0.15, 0.2) is 11.5 Å². The van der Waals surface area contributed by atoms with Crippen LogP contribution in [0.15, 0.2) is 30.3 Å². The van der Waals surface area contributed by atoms with Gasteiger partial charge in [-0.3, -0.25) is 4.90 Å². The Bertz CT molecular complexity index is 718. The van der Waals surface area contributed by atoms with Crippen molar-refractivity contribution in [2.45, 2.75) is 18.9 Å². The number of hydrogen-bond donors (Lipinski definition) is 2. The molecular weight excluding hydrogens is 321 g/mol. The van der Waals surface area contributed by atoms with Crippen LogP contribution in [0.3, 0.4) is 0 Å². The Labute approximate surface area is 142 Å². The molecule has 0 unspecified atom stereocenters. The third kappa shape index (κ3) is 2.24. The fraction of sp³-hybridized carbons (Fsp3) is 0.294. The van der Waals surface area contributed by atoms with Gasteiger partial charge in [-0.05, 0) is 48.2 Å². The van der Waals surface area contributed by atoms with Crippen molar-refractivity contribution in [1.29, 1.82) is 0 Å². The van der Waals surface area contributed by atoms with Crippen molar-refractivity contribution in [2.75, 3.05) is 13.6 Å². The van der Waals surface area contributed by atoms with Crippen LogP contribution in [0.4, 0.5) is 0 Å². The summed E-state index contributed by atoms with van der Waals surface area (Å²) in [6.45, 7) is 1.07. The molecule has 22 heavy (non-hydrogen) atoms. The molecule has 2 N–H and O–H groups in total. The van der Waals surface area contributed by atoms with Crippen LogP contribution in [0.25, 0.3) is 11.1 Å². The van der Waals surface area contributed by atoms with Gasteiger partial charge >= 0.3 is 0 Å². The van der Waals surface area contributed by atoms with E-state index in [1.54, 1.807) is 6.07 Å². The van der Waals surface area contributed by atoms with E-state index < -0.39 is 0 Å². The Hall–Kier alpha value is -1.42. The topological polar surface area (TPSA) is 43.7 Å². The van der Waals surface area contributed by atoms with Crippen molar-refractivity contribution >= 4 is 24.8 Å². The predicted octanol–water partition coefficient (Wildman–Crippen LogP) is 3.69. The molecule has 1 aliphatic carbocycles. The number of likely N-dealkylation sites (N-methyl/N-ethyl adjacent to an activating group) is 1. The quantitative estimate of drug-likeness (QED) is 0.719. The van der Waals surface area contributed by atoms with Gasteiger partial charge in [0.1, 0.15) is 0 Å². The second-order valence-electron chi connectivity index (χ2n) is 5.80. The van der Waals surface area contributed by atoms with Crippen LogP contribution in [0.5, 0.6) is 11.5 Å². The molecule has 4 rings (SSSR count). The highest BCUT2D eigenvalue weighted by Gasteiger charge is 2.33. The summed E-state index contributed by atoms with van der Waals surface area (Å²) in [7, 11) is 2.16. The van der Waals surface area contributed by atoms with Crippen molar-refractivity contribution in [2.24, 2.45) is 0 Å². The predicted molar refractivity (Wildman–Crippen MR) is 92.5 cm³/mol. The number of benzene rings is 2. The Morgan fingerprint density at radius 1 is 1.05 bits per heavy atom. The van der Waals surface area contributed by atoms with Gasteiger partial charge in [0, 0.05) is 18.2 Å². The van der Waals surface area contributed by atoms with E-state index in [0.29, 0.717) is 6.04 Å². The second-order valence-corrected chi connectivity index (χ2v) is 5.80. The number of phenols is 2. The van der Waals surface area contributed by atoms with Crippen molar-refractivity contribution in [3.05, 3.63) is 47.0 Å². The minimum atomic E-state index is -0.0380. The van der Waals surface area contributed by atoms with Gasteiger partial charge in [-0.1, -0.05) is 24.3 Å². The number of phenolic OH excluding ortho intramolecular Hbond substituents is 2. The minimum absolute atomic E-state index is 0. The second kappa shape index (κ2) is 5.99. The van der Waals surface area contributed by atoms with Crippen LogP contribution in [0, 0.1) is 0 Å². The monoisotopic (exact) mass is 339 g/mol. The van der Waals surface area contributed by atoms with Crippen LogP contribution >= 0.6 is 24.8 Å². The average molecular weight is 340 g/mol. The Kier molecular flexibility index (Phi) is 4.62. The van der Waals surface area contributed by atoms with E-state index in [0.717, 1.165) is 36.1 Å². The molecule has 2 aliphatic rings. The van der Waals surface area contributed by atoms with Gasteiger partial charge < -0.3 is 10.2 Å². The third-order valence-corrected chi connectivity index (χ3v) is 4.72. The molecule has 0 amide bonds. The molecule has 1 aliphatic heterocycles. The molecule has 5 heteroatoms. The molecule has 1 atom stereocenters. The lowest BCUT2D eigenvalue weighted by atomic mass is 9.77. The largest absolute Gasteiger partial charge is 0.504 e. The molecule has 118 valence electrons. The number of fused-ring (bicyclic) bond motifs is 2. The van der Waals surface area contributed by atoms with Crippen molar-refractivity contribution < 1.29 is 10.2 Å². The van der Waals surface area contributed by atoms with Crippen LogP contribution < -0.4 is 0 Å². The lowest BCUT2D eigenvalue weighted by molar-refractivity contribution is 0.228. The molecule has 3 nitrogen and oxygen atoms in total. The van der Waals surface area contributed by atoms with Gasteiger partial charge in [0.05, 0.1) is 0 Å². The Morgan fingerprint density at radius 3 is 2.59 bits per heavy atom. The summed E-state index contributed by atoms with van der Waals surface area (Å²) in [6.07, 6.45) is 1.94. The van der Waals surface area contributed by atoms with E-state index >= 15 is 0 Å². The highest BCUT2D eigenvalue weighted by Crippen LogP contribution is 2.49. The molecule has 0 saturated heterocycles. The Balaban J connectivity index is 0.000000882. The zero-order valence-electron chi connectivity index (χ0n) is 12.2. The molecule has 0 fully saturated rings. The number of hydrogen-bond acceptors (Lipinski definition) is 3. The fourth-order valence-electron chi connectivity index (χ4n) is 3.67. The summed E-state index contributed by atoms with van der Waals surface area (Å²) >= 11 is 0. The smallest absolute Gasteiger partial charge is 0.165 e. The van der Waals surface area contributed by atoms with Crippen molar-refractivity contribution in [3.8, 4) is 22.6 Å². The summed E-state index contributed by atoms with van der Waals surface area (Å²) in [4.78, 5) is 2.39. The maximum atomic E-state index is 10.3. The molecule has 1 heterocycles.